The van der Waals surface area contributed by atoms with Gasteiger partial charge in [-0.25, -0.2) is 0 Å². The quantitative estimate of drug-likeness (QED) is 0.855. The van der Waals surface area contributed by atoms with E-state index in [0.29, 0.717) is 12.1 Å². The summed E-state index contributed by atoms with van der Waals surface area (Å²) >= 11 is 3.35. The number of hydrogen-bond acceptors (Lipinski definition) is 3. The van der Waals surface area contributed by atoms with Gasteiger partial charge in [0.25, 0.3) is 5.91 Å². The molecule has 0 saturated heterocycles. The molecule has 0 bridgehead atoms. The van der Waals surface area contributed by atoms with Gasteiger partial charge in [-0.05, 0) is 40.5 Å². The summed E-state index contributed by atoms with van der Waals surface area (Å²) < 4.78 is 0.829. The Morgan fingerprint density at radius 1 is 1.42 bits per heavy atom. The van der Waals surface area contributed by atoms with Crippen molar-refractivity contribution >= 4 is 21.8 Å². The number of carbonyl (C=O) groups is 1. The van der Waals surface area contributed by atoms with Gasteiger partial charge in [-0.1, -0.05) is 6.07 Å². The minimum Gasteiger partial charge on any atom is -0.326 e. The average Bonchev–Trinajstić information content (AvgIpc) is 2.76. The van der Waals surface area contributed by atoms with E-state index in [1.54, 1.807) is 18.6 Å². The first-order valence-corrected chi connectivity index (χ1v) is 6.81. The van der Waals surface area contributed by atoms with Crippen LogP contribution in [-0.4, -0.2) is 20.8 Å². The molecule has 0 aromatic carbocycles. The molecule has 96 valence electrons. The van der Waals surface area contributed by atoms with Crippen LogP contribution in [0.4, 0.5) is 0 Å². The van der Waals surface area contributed by atoms with Gasteiger partial charge >= 0.3 is 0 Å². The Hall–Kier alpha value is -1.75. The summed E-state index contributed by atoms with van der Waals surface area (Å²) in [5.41, 5.74) is 2.55. The molecule has 1 unspecified atom stereocenters. The van der Waals surface area contributed by atoms with Crippen LogP contribution < -0.4 is 0 Å². The number of nitrogens with zero attached hydrogens (tertiary/aromatic N) is 3. The molecule has 0 saturated carbocycles. The van der Waals surface area contributed by atoms with Gasteiger partial charge in [0.2, 0.25) is 0 Å². The Morgan fingerprint density at radius 2 is 2.26 bits per heavy atom. The number of rotatable bonds is 2. The molecule has 0 aliphatic carbocycles. The number of pyridine rings is 2. The predicted octanol–water partition coefficient (Wildman–Crippen LogP) is 2.96. The molecule has 0 spiro atoms. The SMILES string of the molecule is CC(c1cccnc1)N1Cc2ncc(Br)cc2C1=O. The first-order chi connectivity index (χ1) is 9.16. The van der Waals surface area contributed by atoms with E-state index in [2.05, 4.69) is 25.9 Å². The predicted molar refractivity (Wildman–Crippen MR) is 74.5 cm³/mol. The number of aromatic nitrogens is 2. The third kappa shape index (κ3) is 2.14. The van der Waals surface area contributed by atoms with Gasteiger partial charge in [-0.15, -0.1) is 0 Å². The second-order valence-corrected chi connectivity index (χ2v) is 5.46. The fourth-order valence-corrected chi connectivity index (χ4v) is 2.61. The van der Waals surface area contributed by atoms with Crippen LogP contribution >= 0.6 is 15.9 Å². The molecule has 3 heterocycles. The summed E-state index contributed by atoms with van der Waals surface area (Å²) in [6.45, 7) is 2.56. The molecule has 1 aliphatic rings. The smallest absolute Gasteiger partial charge is 0.256 e. The zero-order chi connectivity index (χ0) is 13.4. The van der Waals surface area contributed by atoms with Gasteiger partial charge in [0.1, 0.15) is 0 Å². The normalized spacial score (nSPS) is 15.5. The van der Waals surface area contributed by atoms with Crippen LogP contribution in [0.2, 0.25) is 0 Å². The molecule has 0 radical (unpaired) electrons. The zero-order valence-electron chi connectivity index (χ0n) is 10.4. The first kappa shape index (κ1) is 12.3. The molecule has 1 aliphatic heterocycles. The maximum absolute atomic E-state index is 12.4. The van der Waals surface area contributed by atoms with Crippen LogP contribution in [0.15, 0.2) is 41.3 Å². The van der Waals surface area contributed by atoms with Crippen LogP contribution in [0.1, 0.15) is 34.6 Å². The second kappa shape index (κ2) is 4.74. The average molecular weight is 318 g/mol. The molecule has 19 heavy (non-hydrogen) atoms. The lowest BCUT2D eigenvalue weighted by molar-refractivity contribution is 0.0715. The van der Waals surface area contributed by atoms with E-state index in [9.17, 15) is 4.79 Å². The summed E-state index contributed by atoms with van der Waals surface area (Å²) in [4.78, 5) is 22.6. The van der Waals surface area contributed by atoms with E-state index >= 15 is 0 Å². The van der Waals surface area contributed by atoms with Crippen molar-refractivity contribution in [1.29, 1.82) is 0 Å². The summed E-state index contributed by atoms with van der Waals surface area (Å²) in [5.74, 6) is 0.0279. The molecule has 4 nitrogen and oxygen atoms in total. The standard InChI is InChI=1S/C14H12BrN3O/c1-9(10-3-2-4-16-6-10)18-8-13-12(14(18)19)5-11(15)7-17-13/h2-7,9H,8H2,1H3. The molecule has 2 aromatic heterocycles. The maximum atomic E-state index is 12.4. The van der Waals surface area contributed by atoms with E-state index in [1.807, 2.05) is 30.0 Å². The lowest BCUT2D eigenvalue weighted by atomic mass is 10.1. The number of halogens is 1. The molecule has 3 rings (SSSR count). The van der Waals surface area contributed by atoms with Crippen LogP contribution in [0.5, 0.6) is 0 Å². The molecule has 0 N–H and O–H groups in total. The second-order valence-electron chi connectivity index (χ2n) is 4.54. The lowest BCUT2D eigenvalue weighted by Gasteiger charge is -2.23. The Kier molecular flexibility index (Phi) is 3.06. The Labute approximate surface area is 119 Å². The minimum atomic E-state index is -0.00539. The van der Waals surface area contributed by atoms with Crippen LogP contribution in [-0.2, 0) is 6.54 Å². The lowest BCUT2D eigenvalue weighted by Crippen LogP contribution is -2.27. The van der Waals surface area contributed by atoms with E-state index in [-0.39, 0.29) is 11.9 Å². The van der Waals surface area contributed by atoms with Gasteiger partial charge in [0.15, 0.2) is 0 Å². The third-order valence-electron chi connectivity index (χ3n) is 3.38. The molecule has 2 aromatic rings. The van der Waals surface area contributed by atoms with Gasteiger partial charge in [0.05, 0.1) is 23.8 Å². The highest BCUT2D eigenvalue weighted by Crippen LogP contribution is 2.30. The van der Waals surface area contributed by atoms with Gasteiger partial charge in [0, 0.05) is 23.1 Å². The van der Waals surface area contributed by atoms with Crippen LogP contribution in [0, 0.1) is 0 Å². The van der Waals surface area contributed by atoms with E-state index in [4.69, 9.17) is 0 Å². The van der Waals surface area contributed by atoms with Crippen LogP contribution in [0.25, 0.3) is 0 Å². The molecular formula is C14H12BrN3O. The third-order valence-corrected chi connectivity index (χ3v) is 3.82. The fraction of sp³-hybridized carbons (Fsp3) is 0.214. The minimum absolute atomic E-state index is 0.00539. The fourth-order valence-electron chi connectivity index (χ4n) is 2.28. The Bertz CT molecular complexity index is 630. The number of carbonyl (C=O) groups excluding carboxylic acids is 1. The van der Waals surface area contributed by atoms with Gasteiger partial charge in [-0.3, -0.25) is 14.8 Å². The van der Waals surface area contributed by atoms with Crippen molar-refractivity contribution in [2.45, 2.75) is 19.5 Å². The molecular weight excluding hydrogens is 306 g/mol. The van der Waals surface area contributed by atoms with Crippen molar-refractivity contribution in [1.82, 2.24) is 14.9 Å². The Balaban J connectivity index is 1.92. The van der Waals surface area contributed by atoms with Crippen molar-refractivity contribution in [3.63, 3.8) is 0 Å². The largest absolute Gasteiger partial charge is 0.326 e. The van der Waals surface area contributed by atoms with E-state index in [0.717, 1.165) is 15.7 Å². The molecule has 1 amide bonds. The maximum Gasteiger partial charge on any atom is 0.256 e. The summed E-state index contributed by atoms with van der Waals surface area (Å²) in [6.07, 6.45) is 5.25. The highest BCUT2D eigenvalue weighted by Gasteiger charge is 2.32. The van der Waals surface area contributed by atoms with Crippen molar-refractivity contribution in [3.05, 3.63) is 58.1 Å². The topological polar surface area (TPSA) is 46.1 Å². The molecule has 0 fully saturated rings. The molecule has 1 atom stereocenters. The number of hydrogen-bond donors (Lipinski definition) is 0. The summed E-state index contributed by atoms with van der Waals surface area (Å²) in [7, 11) is 0. The van der Waals surface area contributed by atoms with Gasteiger partial charge in [-0.2, -0.15) is 0 Å². The van der Waals surface area contributed by atoms with Crippen molar-refractivity contribution in [2.75, 3.05) is 0 Å². The van der Waals surface area contributed by atoms with Crippen LogP contribution in [0.3, 0.4) is 0 Å². The summed E-state index contributed by atoms with van der Waals surface area (Å²) in [6, 6.07) is 5.70. The molecule has 5 heteroatoms. The Morgan fingerprint density at radius 3 is 3.00 bits per heavy atom. The van der Waals surface area contributed by atoms with E-state index in [1.165, 1.54) is 0 Å². The van der Waals surface area contributed by atoms with Crippen molar-refractivity contribution in [3.8, 4) is 0 Å². The number of amides is 1. The first-order valence-electron chi connectivity index (χ1n) is 6.02. The van der Waals surface area contributed by atoms with Gasteiger partial charge < -0.3 is 4.90 Å². The highest BCUT2D eigenvalue weighted by molar-refractivity contribution is 9.10. The number of fused-ring (bicyclic) bond motifs is 1. The van der Waals surface area contributed by atoms with Crippen molar-refractivity contribution < 1.29 is 4.79 Å². The van der Waals surface area contributed by atoms with Crippen molar-refractivity contribution in [2.24, 2.45) is 0 Å². The monoisotopic (exact) mass is 317 g/mol. The zero-order valence-corrected chi connectivity index (χ0v) is 12.0. The summed E-state index contributed by atoms with van der Waals surface area (Å²) in [5, 5.41) is 0. The highest BCUT2D eigenvalue weighted by atomic mass is 79.9. The van der Waals surface area contributed by atoms with E-state index < -0.39 is 0 Å².